The molecule has 0 spiro atoms. The SMILES string of the molecule is CNCC(C)C(=O)Nc1cccc(-c2nc(C)co2)c1. The Morgan fingerprint density at radius 3 is 2.90 bits per heavy atom. The fraction of sp³-hybridized carbons (Fsp3) is 0.333. The number of oxazole rings is 1. The van der Waals surface area contributed by atoms with Crippen molar-refractivity contribution in [2.75, 3.05) is 18.9 Å². The second-order valence-corrected chi connectivity index (χ2v) is 4.82. The lowest BCUT2D eigenvalue weighted by atomic mass is 10.1. The van der Waals surface area contributed by atoms with Gasteiger partial charge in [0, 0.05) is 23.7 Å². The fourth-order valence-corrected chi connectivity index (χ4v) is 1.88. The number of rotatable bonds is 5. The van der Waals surface area contributed by atoms with Crippen LogP contribution in [0, 0.1) is 12.8 Å². The summed E-state index contributed by atoms with van der Waals surface area (Å²) in [6.07, 6.45) is 1.61. The summed E-state index contributed by atoms with van der Waals surface area (Å²) in [5, 5.41) is 5.88. The van der Waals surface area contributed by atoms with Gasteiger partial charge in [0.15, 0.2) is 0 Å². The molecule has 106 valence electrons. The fourth-order valence-electron chi connectivity index (χ4n) is 1.88. The predicted octanol–water partition coefficient (Wildman–Crippen LogP) is 2.44. The Morgan fingerprint density at radius 2 is 2.25 bits per heavy atom. The predicted molar refractivity (Wildman–Crippen MR) is 78.4 cm³/mol. The number of carbonyl (C=O) groups is 1. The second kappa shape index (κ2) is 6.34. The Morgan fingerprint density at radius 1 is 1.45 bits per heavy atom. The first kappa shape index (κ1) is 14.3. The normalized spacial score (nSPS) is 12.2. The van der Waals surface area contributed by atoms with Crippen LogP contribution < -0.4 is 10.6 Å². The van der Waals surface area contributed by atoms with Gasteiger partial charge >= 0.3 is 0 Å². The molecule has 2 aromatic rings. The average Bonchev–Trinajstić information content (AvgIpc) is 2.86. The zero-order chi connectivity index (χ0) is 14.5. The molecule has 0 aliphatic carbocycles. The highest BCUT2D eigenvalue weighted by molar-refractivity contribution is 5.93. The summed E-state index contributed by atoms with van der Waals surface area (Å²) in [6, 6.07) is 7.48. The molecule has 1 aromatic heterocycles. The van der Waals surface area contributed by atoms with Crippen molar-refractivity contribution in [3.63, 3.8) is 0 Å². The van der Waals surface area contributed by atoms with Gasteiger partial charge in [0.2, 0.25) is 11.8 Å². The van der Waals surface area contributed by atoms with E-state index in [0.29, 0.717) is 12.4 Å². The van der Waals surface area contributed by atoms with E-state index >= 15 is 0 Å². The summed E-state index contributed by atoms with van der Waals surface area (Å²) in [6.45, 7) is 4.40. The van der Waals surface area contributed by atoms with Crippen molar-refractivity contribution in [3.05, 3.63) is 36.2 Å². The minimum Gasteiger partial charge on any atom is -0.444 e. The number of carbonyl (C=O) groups excluding carboxylic acids is 1. The molecule has 5 nitrogen and oxygen atoms in total. The molecule has 0 fully saturated rings. The van der Waals surface area contributed by atoms with E-state index < -0.39 is 0 Å². The van der Waals surface area contributed by atoms with Gasteiger partial charge in [0.1, 0.15) is 6.26 Å². The number of anilines is 1. The summed E-state index contributed by atoms with van der Waals surface area (Å²) in [5.74, 6) is 0.453. The molecule has 5 heteroatoms. The molecule has 0 radical (unpaired) electrons. The first-order chi connectivity index (χ1) is 9.60. The van der Waals surface area contributed by atoms with Gasteiger partial charge in [-0.1, -0.05) is 13.0 Å². The minimum absolute atomic E-state index is 0.0138. The van der Waals surface area contributed by atoms with Crippen LogP contribution in [0.2, 0.25) is 0 Å². The number of nitrogens with one attached hydrogen (secondary N) is 2. The Kier molecular flexibility index (Phi) is 4.53. The zero-order valence-corrected chi connectivity index (χ0v) is 11.9. The molecule has 2 rings (SSSR count). The zero-order valence-electron chi connectivity index (χ0n) is 11.9. The Bertz CT molecular complexity index is 592. The number of aromatic nitrogens is 1. The molecule has 2 N–H and O–H groups in total. The van der Waals surface area contributed by atoms with E-state index in [1.54, 1.807) is 6.26 Å². The van der Waals surface area contributed by atoms with Crippen LogP contribution in [0.1, 0.15) is 12.6 Å². The van der Waals surface area contributed by atoms with Gasteiger partial charge in [-0.2, -0.15) is 0 Å². The lowest BCUT2D eigenvalue weighted by molar-refractivity contribution is -0.119. The number of hydrogen-bond acceptors (Lipinski definition) is 4. The van der Waals surface area contributed by atoms with Crippen molar-refractivity contribution in [1.82, 2.24) is 10.3 Å². The largest absolute Gasteiger partial charge is 0.444 e. The number of hydrogen-bond donors (Lipinski definition) is 2. The molecule has 0 aliphatic rings. The van der Waals surface area contributed by atoms with Crippen LogP contribution in [0.5, 0.6) is 0 Å². The molecule has 1 atom stereocenters. The maximum absolute atomic E-state index is 12.0. The molecule has 0 saturated carbocycles. The maximum Gasteiger partial charge on any atom is 0.228 e. The molecule has 1 unspecified atom stereocenters. The van der Waals surface area contributed by atoms with Crippen LogP contribution in [-0.4, -0.2) is 24.5 Å². The summed E-state index contributed by atoms with van der Waals surface area (Å²) >= 11 is 0. The van der Waals surface area contributed by atoms with E-state index in [9.17, 15) is 4.79 Å². The van der Waals surface area contributed by atoms with Crippen molar-refractivity contribution in [3.8, 4) is 11.5 Å². The lowest BCUT2D eigenvalue weighted by Crippen LogP contribution is -2.28. The van der Waals surface area contributed by atoms with Crippen LogP contribution >= 0.6 is 0 Å². The summed E-state index contributed by atoms with van der Waals surface area (Å²) in [4.78, 5) is 16.2. The highest BCUT2D eigenvalue weighted by atomic mass is 16.3. The second-order valence-electron chi connectivity index (χ2n) is 4.82. The van der Waals surface area contributed by atoms with Gasteiger partial charge in [-0.05, 0) is 32.2 Å². The molecular weight excluding hydrogens is 254 g/mol. The van der Waals surface area contributed by atoms with Crippen molar-refractivity contribution in [2.45, 2.75) is 13.8 Å². The van der Waals surface area contributed by atoms with Crippen LogP contribution in [0.4, 0.5) is 5.69 Å². The Balaban J connectivity index is 2.12. The first-order valence-electron chi connectivity index (χ1n) is 6.58. The summed E-state index contributed by atoms with van der Waals surface area (Å²) in [7, 11) is 1.83. The third kappa shape index (κ3) is 3.45. The minimum atomic E-state index is -0.0901. The van der Waals surface area contributed by atoms with Crippen LogP contribution in [0.25, 0.3) is 11.5 Å². The van der Waals surface area contributed by atoms with Crippen LogP contribution in [0.3, 0.4) is 0 Å². The van der Waals surface area contributed by atoms with Crippen LogP contribution in [0.15, 0.2) is 34.9 Å². The molecular formula is C15H19N3O2. The quantitative estimate of drug-likeness (QED) is 0.878. The Labute approximate surface area is 118 Å². The van der Waals surface area contributed by atoms with Crippen molar-refractivity contribution < 1.29 is 9.21 Å². The number of aryl methyl sites for hydroxylation is 1. The third-order valence-electron chi connectivity index (χ3n) is 2.95. The third-order valence-corrected chi connectivity index (χ3v) is 2.95. The molecule has 20 heavy (non-hydrogen) atoms. The van der Waals surface area contributed by atoms with Crippen molar-refractivity contribution in [1.29, 1.82) is 0 Å². The van der Waals surface area contributed by atoms with Crippen molar-refractivity contribution in [2.24, 2.45) is 5.92 Å². The molecule has 1 aromatic carbocycles. The van der Waals surface area contributed by atoms with Crippen LogP contribution in [-0.2, 0) is 4.79 Å². The monoisotopic (exact) mass is 273 g/mol. The van der Waals surface area contributed by atoms with E-state index in [1.165, 1.54) is 0 Å². The van der Waals surface area contributed by atoms with E-state index in [0.717, 1.165) is 16.9 Å². The van der Waals surface area contributed by atoms with E-state index in [1.807, 2.05) is 45.2 Å². The number of benzene rings is 1. The van der Waals surface area contributed by atoms with Gasteiger partial charge < -0.3 is 15.1 Å². The van der Waals surface area contributed by atoms with Gasteiger partial charge in [-0.15, -0.1) is 0 Å². The number of nitrogens with zero attached hydrogens (tertiary/aromatic N) is 1. The topological polar surface area (TPSA) is 67.2 Å². The molecule has 0 aliphatic heterocycles. The van der Waals surface area contributed by atoms with Gasteiger partial charge in [0.25, 0.3) is 0 Å². The molecule has 0 saturated heterocycles. The van der Waals surface area contributed by atoms with Crippen molar-refractivity contribution >= 4 is 11.6 Å². The molecule has 0 bridgehead atoms. The van der Waals surface area contributed by atoms with Gasteiger partial charge in [0.05, 0.1) is 5.69 Å². The summed E-state index contributed by atoms with van der Waals surface area (Å²) < 4.78 is 5.36. The summed E-state index contributed by atoms with van der Waals surface area (Å²) in [5.41, 5.74) is 2.42. The van der Waals surface area contributed by atoms with E-state index in [4.69, 9.17) is 4.42 Å². The molecule has 1 amide bonds. The lowest BCUT2D eigenvalue weighted by Gasteiger charge is -2.11. The maximum atomic E-state index is 12.0. The van der Waals surface area contributed by atoms with Gasteiger partial charge in [-0.25, -0.2) is 4.98 Å². The number of amides is 1. The smallest absolute Gasteiger partial charge is 0.228 e. The molecule has 1 heterocycles. The first-order valence-corrected chi connectivity index (χ1v) is 6.58. The van der Waals surface area contributed by atoms with E-state index in [2.05, 4.69) is 15.6 Å². The standard InChI is InChI=1S/C15H19N3O2/c1-10(8-16-3)14(19)18-13-6-4-5-12(7-13)15-17-11(2)9-20-15/h4-7,9-10,16H,8H2,1-3H3,(H,18,19). The van der Waals surface area contributed by atoms with Gasteiger partial charge in [-0.3, -0.25) is 4.79 Å². The van der Waals surface area contributed by atoms with E-state index in [-0.39, 0.29) is 11.8 Å². The highest BCUT2D eigenvalue weighted by Crippen LogP contribution is 2.22. The average molecular weight is 273 g/mol. The highest BCUT2D eigenvalue weighted by Gasteiger charge is 2.12. The Hall–Kier alpha value is -2.14.